The number of benzene rings is 1. The Morgan fingerprint density at radius 1 is 1.25 bits per heavy atom. The molecule has 24 heavy (non-hydrogen) atoms. The van der Waals surface area contributed by atoms with Gasteiger partial charge in [-0.25, -0.2) is 4.79 Å². The van der Waals surface area contributed by atoms with Crippen LogP contribution in [-0.2, 0) is 12.8 Å². The molecule has 2 aromatic rings. The van der Waals surface area contributed by atoms with Gasteiger partial charge in [0.2, 0.25) is 0 Å². The first-order chi connectivity index (χ1) is 11.4. The molecule has 0 fully saturated rings. The topological polar surface area (TPSA) is 84.2 Å². The lowest BCUT2D eigenvalue weighted by Gasteiger charge is -2.18. The number of hydrogen-bond acceptors (Lipinski definition) is 3. The number of thiophene rings is 1. The first kappa shape index (κ1) is 16.8. The summed E-state index contributed by atoms with van der Waals surface area (Å²) >= 11 is 7.27. The first-order valence-electron chi connectivity index (χ1n) is 7.72. The molecule has 3 amide bonds. The second kappa shape index (κ2) is 6.83. The van der Waals surface area contributed by atoms with Crippen molar-refractivity contribution < 1.29 is 9.59 Å². The molecule has 1 aliphatic carbocycles. The van der Waals surface area contributed by atoms with E-state index in [4.69, 9.17) is 17.3 Å². The number of amides is 3. The van der Waals surface area contributed by atoms with E-state index in [1.165, 1.54) is 11.3 Å². The summed E-state index contributed by atoms with van der Waals surface area (Å²) in [5, 5.41) is 6.60. The zero-order valence-electron chi connectivity index (χ0n) is 13.2. The minimum absolute atomic E-state index is 0.411. The van der Waals surface area contributed by atoms with Crippen LogP contribution >= 0.6 is 22.9 Å². The number of anilines is 2. The summed E-state index contributed by atoms with van der Waals surface area (Å²) < 4.78 is 0. The third-order valence-corrected chi connectivity index (χ3v) is 5.54. The lowest BCUT2D eigenvalue weighted by Crippen LogP contribution is -2.22. The second-order valence-corrected chi connectivity index (χ2v) is 7.55. The number of rotatable bonds is 3. The van der Waals surface area contributed by atoms with E-state index >= 15 is 0 Å². The van der Waals surface area contributed by atoms with Crippen molar-refractivity contribution in [2.75, 3.05) is 10.6 Å². The van der Waals surface area contributed by atoms with Crippen LogP contribution in [-0.4, -0.2) is 11.9 Å². The number of nitrogens with one attached hydrogen (secondary N) is 2. The van der Waals surface area contributed by atoms with Gasteiger partial charge in [0.05, 0.1) is 5.56 Å². The van der Waals surface area contributed by atoms with Crippen LogP contribution in [0.15, 0.2) is 24.3 Å². The van der Waals surface area contributed by atoms with E-state index in [0.717, 1.165) is 29.7 Å². The maximum Gasteiger partial charge on any atom is 0.324 e. The number of carbonyl (C=O) groups excluding carboxylic acids is 2. The zero-order chi connectivity index (χ0) is 17.3. The van der Waals surface area contributed by atoms with E-state index < -0.39 is 11.9 Å². The van der Waals surface area contributed by atoms with Crippen LogP contribution in [0.2, 0.25) is 5.02 Å². The molecule has 3 rings (SSSR count). The summed E-state index contributed by atoms with van der Waals surface area (Å²) in [5.41, 5.74) is 7.62. The predicted octanol–water partition coefficient (Wildman–Crippen LogP) is 4.27. The van der Waals surface area contributed by atoms with Gasteiger partial charge in [0.15, 0.2) is 0 Å². The van der Waals surface area contributed by atoms with Gasteiger partial charge in [0.1, 0.15) is 5.00 Å². The van der Waals surface area contributed by atoms with Gasteiger partial charge in [-0.15, -0.1) is 11.3 Å². The van der Waals surface area contributed by atoms with Gasteiger partial charge in [0, 0.05) is 15.6 Å². The highest BCUT2D eigenvalue weighted by Gasteiger charge is 2.27. The Labute approximate surface area is 149 Å². The summed E-state index contributed by atoms with van der Waals surface area (Å²) in [7, 11) is 0. The van der Waals surface area contributed by atoms with E-state index in [1.807, 2.05) is 0 Å². The number of primary amides is 1. The van der Waals surface area contributed by atoms with Gasteiger partial charge in [0.25, 0.3) is 5.91 Å². The highest BCUT2D eigenvalue weighted by atomic mass is 35.5. The van der Waals surface area contributed by atoms with E-state index in [0.29, 0.717) is 27.2 Å². The van der Waals surface area contributed by atoms with E-state index in [1.54, 1.807) is 24.3 Å². The highest BCUT2D eigenvalue weighted by Crippen LogP contribution is 2.39. The van der Waals surface area contributed by atoms with Gasteiger partial charge >= 0.3 is 6.03 Å². The molecule has 1 atom stereocenters. The quantitative estimate of drug-likeness (QED) is 0.760. The predicted molar refractivity (Wildman–Crippen MR) is 98.1 cm³/mol. The monoisotopic (exact) mass is 363 g/mol. The highest BCUT2D eigenvalue weighted by molar-refractivity contribution is 7.17. The maximum atomic E-state index is 12.2. The van der Waals surface area contributed by atoms with Crippen molar-refractivity contribution in [1.82, 2.24) is 0 Å². The summed E-state index contributed by atoms with van der Waals surface area (Å²) in [6.45, 7) is 2.16. The summed E-state index contributed by atoms with van der Waals surface area (Å²) in [4.78, 5) is 25.2. The molecule has 7 heteroatoms. The Bertz CT molecular complexity index is 786. The van der Waals surface area contributed by atoms with Crippen LogP contribution in [0.3, 0.4) is 0 Å². The molecule has 0 spiro atoms. The lowest BCUT2D eigenvalue weighted by atomic mass is 9.87. The Kier molecular flexibility index (Phi) is 4.78. The van der Waals surface area contributed by atoms with Crippen molar-refractivity contribution in [3.63, 3.8) is 0 Å². The molecule has 0 saturated carbocycles. The molecule has 1 aromatic heterocycles. The van der Waals surface area contributed by atoms with Crippen molar-refractivity contribution in [3.8, 4) is 0 Å². The molecule has 4 N–H and O–H groups in total. The second-order valence-electron chi connectivity index (χ2n) is 6.01. The van der Waals surface area contributed by atoms with Gasteiger partial charge in [-0.05, 0) is 55.0 Å². The molecular formula is C17H18ClN3O2S. The third-order valence-electron chi connectivity index (χ3n) is 4.08. The normalized spacial score (nSPS) is 16.3. The van der Waals surface area contributed by atoms with Crippen molar-refractivity contribution in [3.05, 3.63) is 45.3 Å². The number of fused-ring (bicyclic) bond motifs is 1. The van der Waals surface area contributed by atoms with Crippen LogP contribution in [0.5, 0.6) is 0 Å². The third kappa shape index (κ3) is 3.55. The smallest absolute Gasteiger partial charge is 0.324 e. The molecule has 1 heterocycles. The lowest BCUT2D eigenvalue weighted by molar-refractivity contribution is 0.1000. The zero-order valence-corrected chi connectivity index (χ0v) is 14.8. The molecule has 126 valence electrons. The SMILES string of the molecule is CC1CCc2sc(NC(=O)Nc3ccc(Cl)cc3)c(C(N)=O)c2C1. The number of halogens is 1. The molecule has 0 aliphatic heterocycles. The molecule has 1 aliphatic rings. The van der Waals surface area contributed by atoms with Crippen LogP contribution in [0, 0.1) is 5.92 Å². The van der Waals surface area contributed by atoms with E-state index in [9.17, 15) is 9.59 Å². The molecular weight excluding hydrogens is 346 g/mol. The Morgan fingerprint density at radius 2 is 1.96 bits per heavy atom. The van der Waals surface area contributed by atoms with Gasteiger partial charge in [-0.1, -0.05) is 18.5 Å². The van der Waals surface area contributed by atoms with E-state index in [2.05, 4.69) is 17.6 Å². The fourth-order valence-electron chi connectivity index (χ4n) is 2.91. The summed E-state index contributed by atoms with van der Waals surface area (Å²) in [6.07, 6.45) is 2.83. The molecule has 0 bridgehead atoms. The van der Waals surface area contributed by atoms with Crippen molar-refractivity contribution >= 4 is 45.6 Å². The standard InChI is InChI=1S/C17H18ClN3O2S/c1-9-2-7-13-12(8-9)14(15(19)22)16(24-13)21-17(23)20-11-5-3-10(18)4-6-11/h3-6,9H,2,7-8H2,1H3,(H2,19,22)(H2,20,21,23). The first-order valence-corrected chi connectivity index (χ1v) is 8.91. The minimum Gasteiger partial charge on any atom is -0.365 e. The van der Waals surface area contributed by atoms with Crippen molar-refractivity contribution in [2.24, 2.45) is 11.7 Å². The minimum atomic E-state index is -0.497. The number of carbonyl (C=O) groups is 2. The van der Waals surface area contributed by atoms with Crippen LogP contribution in [0.1, 0.15) is 34.1 Å². The number of hydrogen-bond donors (Lipinski definition) is 3. The fraction of sp³-hybridized carbons (Fsp3) is 0.294. The largest absolute Gasteiger partial charge is 0.365 e. The average molecular weight is 364 g/mol. The van der Waals surface area contributed by atoms with Gasteiger partial charge in [-0.3, -0.25) is 10.1 Å². The van der Waals surface area contributed by atoms with Gasteiger partial charge < -0.3 is 11.1 Å². The number of nitrogens with two attached hydrogens (primary N) is 1. The number of urea groups is 1. The van der Waals surface area contributed by atoms with E-state index in [-0.39, 0.29) is 0 Å². The molecule has 1 aromatic carbocycles. The average Bonchev–Trinajstić information content (AvgIpc) is 2.86. The molecule has 0 saturated heterocycles. The number of aryl methyl sites for hydroxylation is 1. The summed E-state index contributed by atoms with van der Waals surface area (Å²) in [5.74, 6) is 0.0179. The fourth-order valence-corrected chi connectivity index (χ4v) is 4.28. The molecule has 5 nitrogen and oxygen atoms in total. The molecule has 0 radical (unpaired) electrons. The van der Waals surface area contributed by atoms with Gasteiger partial charge in [-0.2, -0.15) is 0 Å². The van der Waals surface area contributed by atoms with Crippen LogP contribution in [0.25, 0.3) is 0 Å². The Hall–Kier alpha value is -2.05. The van der Waals surface area contributed by atoms with Crippen molar-refractivity contribution in [1.29, 1.82) is 0 Å². The Morgan fingerprint density at radius 3 is 2.62 bits per heavy atom. The Balaban J connectivity index is 1.80. The maximum absolute atomic E-state index is 12.2. The molecule has 1 unspecified atom stereocenters. The van der Waals surface area contributed by atoms with Crippen LogP contribution < -0.4 is 16.4 Å². The van der Waals surface area contributed by atoms with Crippen molar-refractivity contribution in [2.45, 2.75) is 26.2 Å². The van der Waals surface area contributed by atoms with Crippen LogP contribution in [0.4, 0.5) is 15.5 Å². The summed E-state index contributed by atoms with van der Waals surface area (Å²) in [6, 6.07) is 6.39.